The molecule has 0 aliphatic carbocycles. The minimum absolute atomic E-state index is 0.0916. The summed E-state index contributed by atoms with van der Waals surface area (Å²) >= 11 is 0. The third-order valence-electron chi connectivity index (χ3n) is 3.06. The zero-order valence-electron chi connectivity index (χ0n) is 11.4. The topological polar surface area (TPSA) is 61.7 Å². The number of phenolic OH excluding ortho intramolecular Hbond substituents is 2. The highest BCUT2D eigenvalue weighted by atomic mass is 16.5. The van der Waals surface area contributed by atoms with Crippen molar-refractivity contribution in [3.05, 3.63) is 54.1 Å². The molecule has 0 saturated carbocycles. The Morgan fingerprint density at radius 2 is 1.65 bits per heavy atom. The lowest BCUT2D eigenvalue weighted by atomic mass is 10.1. The molecule has 2 aromatic rings. The van der Waals surface area contributed by atoms with Crippen LogP contribution >= 0.6 is 0 Å². The van der Waals surface area contributed by atoms with Gasteiger partial charge in [-0.1, -0.05) is 24.3 Å². The Kier molecular flexibility index (Phi) is 4.85. The first kappa shape index (κ1) is 14.2. The van der Waals surface area contributed by atoms with Gasteiger partial charge in [-0.25, -0.2) is 0 Å². The van der Waals surface area contributed by atoms with Gasteiger partial charge in [-0.05, 0) is 31.2 Å². The summed E-state index contributed by atoms with van der Waals surface area (Å²) in [6.07, 6.45) is 0. The summed E-state index contributed by atoms with van der Waals surface area (Å²) in [5.74, 6) is 1.01. The molecule has 2 rings (SSSR count). The van der Waals surface area contributed by atoms with Crippen molar-refractivity contribution in [3.63, 3.8) is 0 Å². The van der Waals surface area contributed by atoms with Crippen LogP contribution in [-0.2, 0) is 0 Å². The first-order valence-corrected chi connectivity index (χ1v) is 6.60. The molecule has 0 aromatic heterocycles. The first-order valence-electron chi connectivity index (χ1n) is 6.60. The average molecular weight is 273 g/mol. The summed E-state index contributed by atoms with van der Waals surface area (Å²) in [6.45, 7) is 3.02. The van der Waals surface area contributed by atoms with Crippen molar-refractivity contribution in [2.24, 2.45) is 0 Å². The van der Waals surface area contributed by atoms with Gasteiger partial charge in [-0.2, -0.15) is 0 Å². The molecule has 0 aliphatic heterocycles. The van der Waals surface area contributed by atoms with E-state index in [1.54, 1.807) is 18.2 Å². The third kappa shape index (κ3) is 3.65. The zero-order valence-corrected chi connectivity index (χ0v) is 11.4. The van der Waals surface area contributed by atoms with E-state index in [4.69, 9.17) is 4.74 Å². The van der Waals surface area contributed by atoms with Crippen molar-refractivity contribution in [3.8, 4) is 17.2 Å². The zero-order chi connectivity index (χ0) is 14.4. The fourth-order valence-corrected chi connectivity index (χ4v) is 2.05. The minimum Gasteiger partial charge on any atom is -0.507 e. The van der Waals surface area contributed by atoms with Gasteiger partial charge in [0.15, 0.2) is 0 Å². The maximum atomic E-state index is 9.77. The molecule has 0 radical (unpaired) electrons. The van der Waals surface area contributed by atoms with Crippen molar-refractivity contribution in [2.75, 3.05) is 13.2 Å². The van der Waals surface area contributed by atoms with E-state index in [9.17, 15) is 10.2 Å². The predicted molar refractivity (Wildman–Crippen MR) is 78.1 cm³/mol. The highest BCUT2D eigenvalue weighted by Gasteiger charge is 2.14. The summed E-state index contributed by atoms with van der Waals surface area (Å²) in [5, 5.41) is 22.7. The molecular weight excluding hydrogens is 254 g/mol. The second kappa shape index (κ2) is 6.82. The predicted octanol–water partition coefficient (Wildman–Crippen LogP) is 2.83. The maximum absolute atomic E-state index is 9.77. The van der Waals surface area contributed by atoms with Crippen LogP contribution in [0.1, 0.15) is 18.5 Å². The molecule has 1 atom stereocenters. The van der Waals surface area contributed by atoms with Crippen LogP contribution in [0.15, 0.2) is 48.5 Å². The summed E-state index contributed by atoms with van der Waals surface area (Å²) < 4.78 is 5.57. The van der Waals surface area contributed by atoms with Crippen LogP contribution in [0, 0.1) is 0 Å². The molecule has 0 saturated heterocycles. The number of benzene rings is 2. The largest absolute Gasteiger partial charge is 0.507 e. The van der Waals surface area contributed by atoms with Gasteiger partial charge >= 0.3 is 0 Å². The van der Waals surface area contributed by atoms with Gasteiger partial charge in [0.1, 0.15) is 23.9 Å². The molecule has 106 valence electrons. The monoisotopic (exact) mass is 273 g/mol. The van der Waals surface area contributed by atoms with E-state index in [1.165, 1.54) is 0 Å². The Bertz CT molecular complexity index is 522. The molecule has 4 heteroatoms. The smallest absolute Gasteiger partial charge is 0.124 e. The van der Waals surface area contributed by atoms with Gasteiger partial charge in [0, 0.05) is 12.6 Å². The molecule has 0 fully saturated rings. The number of rotatable bonds is 6. The molecule has 3 N–H and O–H groups in total. The van der Waals surface area contributed by atoms with Gasteiger partial charge in [-0.15, -0.1) is 0 Å². The number of phenols is 2. The summed E-state index contributed by atoms with van der Waals surface area (Å²) in [4.78, 5) is 0. The fraction of sp³-hybridized carbons (Fsp3) is 0.250. The molecular formula is C16H19NO3. The van der Waals surface area contributed by atoms with Crippen LogP contribution in [-0.4, -0.2) is 23.4 Å². The molecule has 0 spiro atoms. The van der Waals surface area contributed by atoms with Crippen molar-refractivity contribution >= 4 is 0 Å². The van der Waals surface area contributed by atoms with Crippen LogP contribution in [0.25, 0.3) is 0 Å². The second-order valence-corrected chi connectivity index (χ2v) is 4.55. The lowest BCUT2D eigenvalue weighted by molar-refractivity contribution is 0.305. The Hall–Kier alpha value is -2.20. The Balaban J connectivity index is 1.82. The van der Waals surface area contributed by atoms with Gasteiger partial charge < -0.3 is 20.3 Å². The molecule has 0 heterocycles. The summed E-state index contributed by atoms with van der Waals surface area (Å²) in [6, 6.07) is 14.2. The standard InChI is InChI=1S/C16H19NO3/c1-12(16-14(18)8-5-9-15(16)19)17-10-11-20-13-6-3-2-4-7-13/h2-9,12,17-19H,10-11H2,1H3. The SMILES string of the molecule is CC(NCCOc1ccccc1)c1c(O)cccc1O. The lowest BCUT2D eigenvalue weighted by Crippen LogP contribution is -2.24. The van der Waals surface area contributed by atoms with Crippen LogP contribution in [0.2, 0.25) is 0 Å². The van der Waals surface area contributed by atoms with Crippen molar-refractivity contribution < 1.29 is 14.9 Å². The number of hydrogen-bond donors (Lipinski definition) is 3. The molecule has 20 heavy (non-hydrogen) atoms. The number of hydrogen-bond acceptors (Lipinski definition) is 4. The molecule has 4 nitrogen and oxygen atoms in total. The van der Waals surface area contributed by atoms with Crippen LogP contribution < -0.4 is 10.1 Å². The summed E-state index contributed by atoms with van der Waals surface area (Å²) in [7, 11) is 0. The van der Waals surface area contributed by atoms with Gasteiger partial charge in [0.25, 0.3) is 0 Å². The maximum Gasteiger partial charge on any atom is 0.124 e. The van der Waals surface area contributed by atoms with E-state index in [2.05, 4.69) is 5.32 Å². The summed E-state index contributed by atoms with van der Waals surface area (Å²) in [5.41, 5.74) is 0.507. The molecule has 0 amide bonds. The molecule has 1 unspecified atom stereocenters. The molecule has 0 aliphatic rings. The Morgan fingerprint density at radius 3 is 2.30 bits per heavy atom. The highest BCUT2D eigenvalue weighted by molar-refractivity contribution is 5.44. The van der Waals surface area contributed by atoms with Crippen LogP contribution in [0.3, 0.4) is 0 Å². The fourth-order valence-electron chi connectivity index (χ4n) is 2.05. The number of para-hydroxylation sites is 1. The molecule has 0 bridgehead atoms. The van der Waals surface area contributed by atoms with E-state index < -0.39 is 0 Å². The number of nitrogens with one attached hydrogen (secondary N) is 1. The first-order chi connectivity index (χ1) is 9.68. The Labute approximate surface area is 118 Å². The molecule has 2 aromatic carbocycles. The lowest BCUT2D eigenvalue weighted by Gasteiger charge is -2.17. The second-order valence-electron chi connectivity index (χ2n) is 4.55. The van der Waals surface area contributed by atoms with Crippen LogP contribution in [0.4, 0.5) is 0 Å². The van der Waals surface area contributed by atoms with Gasteiger partial charge in [-0.3, -0.25) is 0 Å². The minimum atomic E-state index is -0.157. The average Bonchev–Trinajstić information content (AvgIpc) is 2.44. The van der Waals surface area contributed by atoms with E-state index in [-0.39, 0.29) is 17.5 Å². The van der Waals surface area contributed by atoms with Crippen molar-refractivity contribution in [1.29, 1.82) is 0 Å². The quantitative estimate of drug-likeness (QED) is 0.708. The van der Waals surface area contributed by atoms with E-state index >= 15 is 0 Å². The van der Waals surface area contributed by atoms with Crippen molar-refractivity contribution in [2.45, 2.75) is 13.0 Å². The number of aromatic hydroxyl groups is 2. The van der Waals surface area contributed by atoms with E-state index in [1.807, 2.05) is 37.3 Å². The number of ether oxygens (including phenoxy) is 1. The Morgan fingerprint density at radius 1 is 1.00 bits per heavy atom. The highest BCUT2D eigenvalue weighted by Crippen LogP contribution is 2.31. The van der Waals surface area contributed by atoms with Gasteiger partial charge in [0.05, 0.1) is 5.56 Å². The van der Waals surface area contributed by atoms with Gasteiger partial charge in [0.2, 0.25) is 0 Å². The third-order valence-corrected chi connectivity index (χ3v) is 3.06. The van der Waals surface area contributed by atoms with Crippen molar-refractivity contribution in [1.82, 2.24) is 5.32 Å². The van der Waals surface area contributed by atoms with E-state index in [0.29, 0.717) is 18.7 Å². The van der Waals surface area contributed by atoms with E-state index in [0.717, 1.165) is 5.75 Å². The van der Waals surface area contributed by atoms with Crippen LogP contribution in [0.5, 0.6) is 17.2 Å². The normalized spacial score (nSPS) is 12.1.